The van der Waals surface area contributed by atoms with Crippen LogP contribution in [-0.2, 0) is 20.9 Å². The summed E-state index contributed by atoms with van der Waals surface area (Å²) < 4.78 is 6.97. The first-order valence-corrected chi connectivity index (χ1v) is 11.6. The molecule has 2 heterocycles. The average Bonchev–Trinajstić information content (AvgIpc) is 3.44. The smallest absolute Gasteiger partial charge is 0.411 e. The van der Waals surface area contributed by atoms with Crippen molar-refractivity contribution in [3.05, 3.63) is 72.1 Å². The van der Waals surface area contributed by atoms with Crippen LogP contribution in [0.15, 0.2) is 60.9 Å². The summed E-state index contributed by atoms with van der Waals surface area (Å²) in [4.78, 5) is 37.8. The predicted octanol–water partition coefficient (Wildman–Crippen LogP) is 3.57. The van der Waals surface area contributed by atoms with E-state index in [0.717, 1.165) is 22.3 Å². The maximum absolute atomic E-state index is 12.6. The number of benzene rings is 2. The van der Waals surface area contributed by atoms with Crippen LogP contribution in [0.25, 0.3) is 11.1 Å². The number of amides is 2. The van der Waals surface area contributed by atoms with Crippen LogP contribution in [0.3, 0.4) is 0 Å². The number of carboxylic acid groups (broad SMARTS) is 1. The summed E-state index contributed by atoms with van der Waals surface area (Å²) in [5, 5.41) is 16.0. The second-order valence-electron chi connectivity index (χ2n) is 8.89. The van der Waals surface area contributed by atoms with Crippen LogP contribution in [0.4, 0.5) is 10.5 Å². The summed E-state index contributed by atoms with van der Waals surface area (Å²) >= 11 is 0. The molecule has 2 amide bonds. The van der Waals surface area contributed by atoms with Gasteiger partial charge in [-0.3, -0.25) is 19.6 Å². The van der Waals surface area contributed by atoms with Gasteiger partial charge in [0.15, 0.2) is 0 Å². The molecule has 1 atom stereocenters. The van der Waals surface area contributed by atoms with Gasteiger partial charge in [-0.05, 0) is 35.1 Å². The van der Waals surface area contributed by atoms with Crippen LogP contribution in [0, 0.1) is 5.92 Å². The van der Waals surface area contributed by atoms with Crippen molar-refractivity contribution >= 4 is 23.7 Å². The molecule has 1 saturated heterocycles. The highest BCUT2D eigenvalue weighted by Crippen LogP contribution is 2.44. The van der Waals surface area contributed by atoms with E-state index >= 15 is 0 Å². The monoisotopic (exact) mass is 474 g/mol. The van der Waals surface area contributed by atoms with Gasteiger partial charge in [-0.1, -0.05) is 48.5 Å². The minimum Gasteiger partial charge on any atom is -0.481 e. The fourth-order valence-corrected chi connectivity index (χ4v) is 4.91. The van der Waals surface area contributed by atoms with Crippen molar-refractivity contribution < 1.29 is 24.2 Å². The number of piperidine rings is 1. The van der Waals surface area contributed by atoms with Crippen molar-refractivity contribution in [2.45, 2.75) is 25.3 Å². The Balaban J connectivity index is 1.16. The van der Waals surface area contributed by atoms with E-state index in [9.17, 15) is 19.5 Å². The normalized spacial score (nSPS) is 16.9. The molecule has 3 aromatic rings. The number of aromatic nitrogens is 2. The molecule has 1 aliphatic heterocycles. The molecule has 1 aromatic heterocycles. The number of likely N-dealkylation sites (tertiary alicyclic amines) is 1. The van der Waals surface area contributed by atoms with Crippen molar-refractivity contribution in [3.63, 3.8) is 0 Å². The maximum Gasteiger partial charge on any atom is 0.411 e. The van der Waals surface area contributed by atoms with Gasteiger partial charge in [0, 0.05) is 25.2 Å². The standard InChI is InChI=1S/C26H26N4O5/c31-24(29-11-5-6-17(13-29)25(32)33)15-30-14-18(12-27-30)28-26(34)35-16-23-21-9-3-1-7-19(21)20-8-2-4-10-22(20)23/h1-4,7-10,12,14,17,23H,5-6,11,13,15-16H2,(H,28,34)(H,32,33)/t17-/m0/s1. The number of anilines is 1. The summed E-state index contributed by atoms with van der Waals surface area (Å²) in [5.74, 6) is -1.65. The van der Waals surface area contributed by atoms with E-state index in [0.29, 0.717) is 25.1 Å². The molecule has 180 valence electrons. The zero-order chi connectivity index (χ0) is 24.4. The van der Waals surface area contributed by atoms with E-state index in [1.165, 1.54) is 10.9 Å². The molecule has 2 aliphatic rings. The lowest BCUT2D eigenvalue weighted by Crippen LogP contribution is -2.43. The summed E-state index contributed by atoms with van der Waals surface area (Å²) in [6.45, 7) is 0.917. The number of carbonyl (C=O) groups is 3. The van der Waals surface area contributed by atoms with Crippen molar-refractivity contribution in [2.24, 2.45) is 5.92 Å². The fourth-order valence-electron chi connectivity index (χ4n) is 4.91. The highest BCUT2D eigenvalue weighted by Gasteiger charge is 2.30. The largest absolute Gasteiger partial charge is 0.481 e. The van der Waals surface area contributed by atoms with Crippen LogP contribution < -0.4 is 5.32 Å². The number of fused-ring (bicyclic) bond motifs is 3. The van der Waals surface area contributed by atoms with E-state index in [1.54, 1.807) is 11.1 Å². The van der Waals surface area contributed by atoms with Crippen LogP contribution in [-0.4, -0.2) is 57.5 Å². The predicted molar refractivity (Wildman–Crippen MR) is 128 cm³/mol. The molecule has 35 heavy (non-hydrogen) atoms. The van der Waals surface area contributed by atoms with Gasteiger partial charge in [-0.2, -0.15) is 5.10 Å². The fraction of sp³-hybridized carbons (Fsp3) is 0.308. The molecule has 1 aliphatic carbocycles. The van der Waals surface area contributed by atoms with Gasteiger partial charge in [-0.25, -0.2) is 4.79 Å². The third kappa shape index (κ3) is 4.75. The molecule has 0 saturated carbocycles. The summed E-state index contributed by atoms with van der Waals surface area (Å²) in [6.07, 6.45) is 3.65. The lowest BCUT2D eigenvalue weighted by Gasteiger charge is -2.30. The second-order valence-corrected chi connectivity index (χ2v) is 8.89. The molecule has 0 unspecified atom stereocenters. The minimum atomic E-state index is -0.879. The molecule has 2 N–H and O–H groups in total. The van der Waals surface area contributed by atoms with E-state index in [2.05, 4.69) is 34.7 Å². The van der Waals surface area contributed by atoms with E-state index in [4.69, 9.17) is 4.74 Å². The third-order valence-electron chi connectivity index (χ3n) is 6.64. The van der Waals surface area contributed by atoms with Gasteiger partial charge in [0.25, 0.3) is 0 Å². The van der Waals surface area contributed by atoms with Crippen LogP contribution >= 0.6 is 0 Å². The number of aliphatic carboxylic acids is 1. The number of carboxylic acids is 1. The van der Waals surface area contributed by atoms with Crippen molar-refractivity contribution in [1.29, 1.82) is 0 Å². The molecule has 1 fully saturated rings. The number of hydrogen-bond donors (Lipinski definition) is 2. The Morgan fingerprint density at radius 1 is 1.06 bits per heavy atom. The number of nitrogens with one attached hydrogen (secondary N) is 1. The van der Waals surface area contributed by atoms with Gasteiger partial charge < -0.3 is 14.7 Å². The maximum atomic E-state index is 12.6. The molecular weight excluding hydrogens is 448 g/mol. The first-order valence-electron chi connectivity index (χ1n) is 11.6. The van der Waals surface area contributed by atoms with Crippen LogP contribution in [0.1, 0.15) is 29.9 Å². The van der Waals surface area contributed by atoms with Gasteiger partial charge in [0.1, 0.15) is 13.2 Å². The summed E-state index contributed by atoms with van der Waals surface area (Å²) in [7, 11) is 0. The summed E-state index contributed by atoms with van der Waals surface area (Å²) in [5.41, 5.74) is 5.00. The Labute approximate surface area is 202 Å². The lowest BCUT2D eigenvalue weighted by molar-refractivity contribution is -0.145. The molecular formula is C26H26N4O5. The van der Waals surface area contributed by atoms with Crippen molar-refractivity contribution in [1.82, 2.24) is 14.7 Å². The molecule has 9 nitrogen and oxygen atoms in total. The number of ether oxygens (including phenoxy) is 1. The van der Waals surface area contributed by atoms with Crippen molar-refractivity contribution in [2.75, 3.05) is 25.0 Å². The minimum absolute atomic E-state index is 0.0291. The van der Waals surface area contributed by atoms with E-state index in [-0.39, 0.29) is 31.5 Å². The number of nitrogens with zero attached hydrogens (tertiary/aromatic N) is 3. The topological polar surface area (TPSA) is 114 Å². The van der Waals surface area contributed by atoms with Gasteiger partial charge in [0.05, 0.1) is 17.8 Å². The molecule has 2 aromatic carbocycles. The Kier molecular flexibility index (Phi) is 6.22. The summed E-state index contributed by atoms with van der Waals surface area (Å²) in [6, 6.07) is 16.3. The quantitative estimate of drug-likeness (QED) is 0.565. The highest BCUT2D eigenvalue weighted by molar-refractivity contribution is 5.85. The van der Waals surface area contributed by atoms with E-state index in [1.807, 2.05) is 24.3 Å². The average molecular weight is 475 g/mol. The Bertz CT molecular complexity index is 1220. The molecule has 0 spiro atoms. The lowest BCUT2D eigenvalue weighted by atomic mass is 9.98. The second kappa shape index (κ2) is 9.61. The van der Waals surface area contributed by atoms with Crippen LogP contribution in [0.5, 0.6) is 0 Å². The Morgan fingerprint density at radius 3 is 2.43 bits per heavy atom. The Hall–Kier alpha value is -4.14. The SMILES string of the molecule is O=C(Nc1cnn(CC(=O)N2CCC[C@H](C(=O)O)C2)c1)OCC1c2ccccc2-c2ccccc21. The molecule has 9 heteroatoms. The number of hydrogen-bond acceptors (Lipinski definition) is 5. The highest BCUT2D eigenvalue weighted by atomic mass is 16.5. The zero-order valence-corrected chi connectivity index (χ0v) is 19.1. The van der Waals surface area contributed by atoms with Crippen LogP contribution in [0.2, 0.25) is 0 Å². The number of carbonyl (C=O) groups excluding carboxylic acids is 2. The first-order chi connectivity index (χ1) is 17.0. The van der Waals surface area contributed by atoms with Gasteiger partial charge in [0.2, 0.25) is 5.91 Å². The van der Waals surface area contributed by atoms with Crippen molar-refractivity contribution in [3.8, 4) is 11.1 Å². The zero-order valence-electron chi connectivity index (χ0n) is 19.1. The first kappa shape index (κ1) is 22.6. The molecule has 5 rings (SSSR count). The molecule has 0 radical (unpaired) electrons. The number of rotatable bonds is 6. The van der Waals surface area contributed by atoms with E-state index < -0.39 is 18.0 Å². The Morgan fingerprint density at radius 2 is 1.74 bits per heavy atom. The molecule has 0 bridgehead atoms. The van der Waals surface area contributed by atoms with Gasteiger partial charge >= 0.3 is 12.1 Å². The van der Waals surface area contributed by atoms with Gasteiger partial charge in [-0.15, -0.1) is 0 Å². The third-order valence-corrected chi connectivity index (χ3v) is 6.64.